The Labute approximate surface area is 129 Å². The summed E-state index contributed by atoms with van der Waals surface area (Å²) in [6.45, 7) is 6.80. The van der Waals surface area contributed by atoms with Crippen LogP contribution in [0.2, 0.25) is 0 Å². The highest BCUT2D eigenvalue weighted by Gasteiger charge is 2.25. The zero-order valence-electron chi connectivity index (χ0n) is 14.0. The monoisotopic (exact) mass is 302 g/mol. The van der Waals surface area contributed by atoms with Gasteiger partial charge in [-0.05, 0) is 45.6 Å². The second-order valence-corrected chi connectivity index (χ2v) is 6.32. The van der Waals surface area contributed by atoms with Crippen LogP contribution in [0.25, 0.3) is 0 Å². The molecule has 0 bridgehead atoms. The minimum absolute atomic E-state index is 0.0250. The number of methoxy groups -OCH3 is 1. The zero-order valence-corrected chi connectivity index (χ0v) is 14.0. The Morgan fingerprint density at radius 1 is 1.24 bits per heavy atom. The number of hydrogen-bond donors (Lipinski definition) is 2. The summed E-state index contributed by atoms with van der Waals surface area (Å²) in [4.78, 5) is 2.42. The SMILES string of the molecule is CCCN(CC(O)COC(C)COC)C1CCC(N)CC1. The Balaban J connectivity index is 2.35. The van der Waals surface area contributed by atoms with Crippen molar-refractivity contribution in [1.29, 1.82) is 0 Å². The Bertz CT molecular complexity index is 258. The van der Waals surface area contributed by atoms with Gasteiger partial charge in [0.1, 0.15) is 0 Å². The molecule has 1 fully saturated rings. The van der Waals surface area contributed by atoms with Gasteiger partial charge in [-0.2, -0.15) is 0 Å². The Morgan fingerprint density at radius 2 is 1.90 bits per heavy atom. The molecule has 1 saturated carbocycles. The third-order valence-corrected chi connectivity index (χ3v) is 4.19. The van der Waals surface area contributed by atoms with Crippen LogP contribution in [0.5, 0.6) is 0 Å². The van der Waals surface area contributed by atoms with Crippen molar-refractivity contribution < 1.29 is 14.6 Å². The van der Waals surface area contributed by atoms with E-state index < -0.39 is 6.10 Å². The van der Waals surface area contributed by atoms with Gasteiger partial charge in [-0.1, -0.05) is 6.92 Å². The topological polar surface area (TPSA) is 68.0 Å². The Hall–Kier alpha value is -0.200. The molecule has 1 aliphatic rings. The van der Waals surface area contributed by atoms with E-state index in [0.29, 0.717) is 31.8 Å². The molecule has 0 radical (unpaired) electrons. The summed E-state index contributed by atoms with van der Waals surface area (Å²) < 4.78 is 10.6. The normalized spacial score (nSPS) is 26.0. The molecule has 0 aromatic rings. The van der Waals surface area contributed by atoms with Crippen LogP contribution < -0.4 is 5.73 Å². The highest BCUT2D eigenvalue weighted by atomic mass is 16.5. The quantitative estimate of drug-likeness (QED) is 0.638. The number of ether oxygens (including phenoxy) is 2. The van der Waals surface area contributed by atoms with Crippen LogP contribution in [0.3, 0.4) is 0 Å². The van der Waals surface area contributed by atoms with E-state index in [9.17, 15) is 5.11 Å². The van der Waals surface area contributed by atoms with Gasteiger partial charge in [0.05, 0.1) is 25.4 Å². The van der Waals surface area contributed by atoms with Gasteiger partial charge in [0.15, 0.2) is 0 Å². The first-order chi connectivity index (χ1) is 10.1. The van der Waals surface area contributed by atoms with E-state index in [1.54, 1.807) is 7.11 Å². The smallest absolute Gasteiger partial charge is 0.0900 e. The predicted octanol–water partition coefficient (Wildman–Crippen LogP) is 1.38. The van der Waals surface area contributed by atoms with Crippen molar-refractivity contribution in [2.24, 2.45) is 5.73 Å². The van der Waals surface area contributed by atoms with Crippen LogP contribution in [-0.2, 0) is 9.47 Å². The van der Waals surface area contributed by atoms with Crippen molar-refractivity contribution in [1.82, 2.24) is 4.90 Å². The molecular weight excluding hydrogens is 268 g/mol. The van der Waals surface area contributed by atoms with Crippen molar-refractivity contribution in [2.75, 3.05) is 33.4 Å². The van der Waals surface area contributed by atoms with Crippen molar-refractivity contribution >= 4 is 0 Å². The van der Waals surface area contributed by atoms with E-state index in [1.807, 2.05) is 6.92 Å². The molecule has 5 heteroatoms. The summed E-state index contributed by atoms with van der Waals surface area (Å²) in [6.07, 6.45) is 5.19. The number of hydrogen-bond acceptors (Lipinski definition) is 5. The van der Waals surface area contributed by atoms with E-state index in [1.165, 1.54) is 0 Å². The van der Waals surface area contributed by atoms with E-state index >= 15 is 0 Å². The van der Waals surface area contributed by atoms with Crippen LogP contribution >= 0.6 is 0 Å². The number of nitrogens with two attached hydrogens (primary N) is 1. The van der Waals surface area contributed by atoms with E-state index in [-0.39, 0.29) is 6.10 Å². The average molecular weight is 302 g/mol. The Morgan fingerprint density at radius 3 is 2.48 bits per heavy atom. The molecule has 1 aliphatic carbocycles. The fourth-order valence-electron chi connectivity index (χ4n) is 3.06. The van der Waals surface area contributed by atoms with Gasteiger partial charge in [-0.15, -0.1) is 0 Å². The zero-order chi connectivity index (χ0) is 15.7. The van der Waals surface area contributed by atoms with Gasteiger partial charge in [-0.25, -0.2) is 0 Å². The van der Waals surface area contributed by atoms with Crippen LogP contribution in [0.1, 0.15) is 46.0 Å². The maximum atomic E-state index is 10.2. The molecular formula is C16H34N2O3. The van der Waals surface area contributed by atoms with Crippen LogP contribution in [0.15, 0.2) is 0 Å². The maximum absolute atomic E-state index is 10.2. The van der Waals surface area contributed by atoms with E-state index in [4.69, 9.17) is 15.2 Å². The molecule has 0 saturated heterocycles. The first kappa shape index (κ1) is 18.8. The summed E-state index contributed by atoms with van der Waals surface area (Å²) in [5, 5.41) is 10.2. The molecule has 0 amide bonds. The van der Waals surface area contributed by atoms with Crippen molar-refractivity contribution in [3.05, 3.63) is 0 Å². The highest BCUT2D eigenvalue weighted by Crippen LogP contribution is 2.22. The first-order valence-corrected chi connectivity index (χ1v) is 8.35. The lowest BCUT2D eigenvalue weighted by atomic mass is 9.90. The second-order valence-electron chi connectivity index (χ2n) is 6.32. The number of nitrogens with zero attached hydrogens (tertiary/aromatic N) is 1. The summed E-state index contributed by atoms with van der Waals surface area (Å²) >= 11 is 0. The molecule has 3 N–H and O–H groups in total. The fourth-order valence-corrected chi connectivity index (χ4v) is 3.06. The van der Waals surface area contributed by atoms with E-state index in [2.05, 4.69) is 11.8 Å². The third-order valence-electron chi connectivity index (χ3n) is 4.19. The van der Waals surface area contributed by atoms with Gasteiger partial charge in [0.2, 0.25) is 0 Å². The fraction of sp³-hybridized carbons (Fsp3) is 1.00. The van der Waals surface area contributed by atoms with Crippen LogP contribution in [-0.4, -0.2) is 67.7 Å². The van der Waals surface area contributed by atoms with Crippen molar-refractivity contribution in [2.45, 2.75) is 70.2 Å². The van der Waals surface area contributed by atoms with Gasteiger partial charge in [-0.3, -0.25) is 4.90 Å². The molecule has 0 aromatic heterocycles. The maximum Gasteiger partial charge on any atom is 0.0900 e. The number of aliphatic hydroxyl groups excluding tert-OH is 1. The second kappa shape index (κ2) is 10.5. The van der Waals surface area contributed by atoms with Gasteiger partial charge < -0.3 is 20.3 Å². The molecule has 5 nitrogen and oxygen atoms in total. The molecule has 0 heterocycles. The lowest BCUT2D eigenvalue weighted by Gasteiger charge is -2.37. The molecule has 0 spiro atoms. The van der Waals surface area contributed by atoms with Crippen molar-refractivity contribution in [3.63, 3.8) is 0 Å². The average Bonchev–Trinajstić information content (AvgIpc) is 2.46. The molecule has 2 unspecified atom stereocenters. The van der Waals surface area contributed by atoms with Gasteiger partial charge in [0.25, 0.3) is 0 Å². The number of rotatable bonds is 10. The number of aliphatic hydroxyl groups is 1. The Kier molecular flexibility index (Phi) is 9.44. The summed E-state index contributed by atoms with van der Waals surface area (Å²) in [5.74, 6) is 0. The first-order valence-electron chi connectivity index (χ1n) is 8.35. The minimum atomic E-state index is -0.438. The minimum Gasteiger partial charge on any atom is -0.389 e. The van der Waals surface area contributed by atoms with Crippen LogP contribution in [0, 0.1) is 0 Å². The highest BCUT2D eigenvalue weighted by molar-refractivity contribution is 4.82. The van der Waals surface area contributed by atoms with Gasteiger partial charge >= 0.3 is 0 Å². The lowest BCUT2D eigenvalue weighted by Crippen LogP contribution is -2.45. The third kappa shape index (κ3) is 7.56. The molecule has 126 valence electrons. The molecule has 2 atom stereocenters. The lowest BCUT2D eigenvalue weighted by molar-refractivity contribution is -0.0443. The standard InChI is InChI=1S/C16H34N2O3/c1-4-9-18(15-7-5-14(17)6-8-15)10-16(19)12-21-13(2)11-20-3/h13-16,19H,4-12,17H2,1-3H3. The van der Waals surface area contributed by atoms with Gasteiger partial charge in [0, 0.05) is 25.7 Å². The predicted molar refractivity (Wildman–Crippen MR) is 85.4 cm³/mol. The molecule has 0 aromatic carbocycles. The van der Waals surface area contributed by atoms with E-state index in [0.717, 1.165) is 38.6 Å². The summed E-state index contributed by atoms with van der Waals surface area (Å²) in [7, 11) is 1.66. The molecule has 0 aliphatic heterocycles. The largest absolute Gasteiger partial charge is 0.389 e. The van der Waals surface area contributed by atoms with Crippen LogP contribution in [0.4, 0.5) is 0 Å². The molecule has 21 heavy (non-hydrogen) atoms. The summed E-state index contributed by atoms with van der Waals surface area (Å²) in [6, 6.07) is 0.934. The summed E-state index contributed by atoms with van der Waals surface area (Å²) in [5.41, 5.74) is 5.98. The van der Waals surface area contributed by atoms with Crippen molar-refractivity contribution in [3.8, 4) is 0 Å². The molecule has 1 rings (SSSR count).